The highest BCUT2D eigenvalue weighted by Gasteiger charge is 2.42. The van der Waals surface area contributed by atoms with E-state index >= 15 is 0 Å². The fourth-order valence-corrected chi connectivity index (χ4v) is 4.68. The van der Waals surface area contributed by atoms with Gasteiger partial charge in [-0.3, -0.25) is 15.0 Å². The highest BCUT2D eigenvalue weighted by molar-refractivity contribution is 6.30. The standard InChI is InChI=1S/C28H24ClN3O2/c1-32-26-25(17-23(29)18-30-26)34-19-24(27(32)33)31-28(20-11-5-2-6-12-20,21-13-7-3-8-14-21)22-15-9-4-10-16-22/h2-18,24,31H,19H2,1H3/t24-/m0/s1. The molecule has 0 saturated heterocycles. The zero-order chi connectivity index (χ0) is 23.5. The van der Waals surface area contributed by atoms with Crippen molar-refractivity contribution >= 4 is 23.3 Å². The third kappa shape index (κ3) is 3.94. The number of likely N-dealkylation sites (N-methyl/N-ethyl adjacent to an activating group) is 1. The quantitative estimate of drug-likeness (QED) is 0.416. The van der Waals surface area contributed by atoms with Crippen molar-refractivity contribution in [2.24, 2.45) is 0 Å². The number of rotatable bonds is 5. The number of benzene rings is 3. The molecule has 170 valence electrons. The third-order valence-electron chi connectivity index (χ3n) is 6.16. The summed E-state index contributed by atoms with van der Waals surface area (Å²) in [4.78, 5) is 19.5. The van der Waals surface area contributed by atoms with Crippen molar-refractivity contribution in [2.75, 3.05) is 18.6 Å². The number of hydrogen-bond donors (Lipinski definition) is 1. The monoisotopic (exact) mass is 469 g/mol. The van der Waals surface area contributed by atoms with Gasteiger partial charge in [0.05, 0.1) is 10.6 Å². The lowest BCUT2D eigenvalue weighted by atomic mass is 9.76. The fourth-order valence-electron chi connectivity index (χ4n) is 4.53. The van der Waals surface area contributed by atoms with Crippen LogP contribution in [0.2, 0.25) is 5.02 Å². The highest BCUT2D eigenvalue weighted by atomic mass is 35.5. The van der Waals surface area contributed by atoms with E-state index in [1.165, 1.54) is 11.1 Å². The smallest absolute Gasteiger partial charge is 0.248 e. The van der Waals surface area contributed by atoms with Gasteiger partial charge in [0.15, 0.2) is 11.6 Å². The molecule has 34 heavy (non-hydrogen) atoms. The molecule has 2 heterocycles. The molecule has 1 aliphatic rings. The molecule has 0 saturated carbocycles. The minimum atomic E-state index is -0.796. The van der Waals surface area contributed by atoms with Gasteiger partial charge in [-0.05, 0) is 16.7 Å². The highest BCUT2D eigenvalue weighted by Crippen LogP contribution is 2.38. The summed E-state index contributed by atoms with van der Waals surface area (Å²) in [5.74, 6) is 0.793. The van der Waals surface area contributed by atoms with Crippen molar-refractivity contribution in [3.63, 3.8) is 0 Å². The Hall–Kier alpha value is -3.67. The average molecular weight is 470 g/mol. The predicted octanol–water partition coefficient (Wildman–Crippen LogP) is 5.04. The van der Waals surface area contributed by atoms with E-state index in [0.717, 1.165) is 16.7 Å². The molecule has 0 bridgehead atoms. The van der Waals surface area contributed by atoms with E-state index in [-0.39, 0.29) is 12.5 Å². The van der Waals surface area contributed by atoms with Gasteiger partial charge in [-0.15, -0.1) is 0 Å². The van der Waals surface area contributed by atoms with Crippen LogP contribution in [0.25, 0.3) is 0 Å². The molecule has 5 nitrogen and oxygen atoms in total. The number of hydrogen-bond acceptors (Lipinski definition) is 4. The van der Waals surface area contributed by atoms with Crippen molar-refractivity contribution in [1.82, 2.24) is 10.3 Å². The molecule has 0 unspecified atom stereocenters. The molecule has 1 atom stereocenters. The molecule has 1 amide bonds. The minimum absolute atomic E-state index is 0.131. The van der Waals surface area contributed by atoms with Crippen LogP contribution < -0.4 is 15.0 Å². The molecule has 5 rings (SSSR count). The zero-order valence-electron chi connectivity index (χ0n) is 18.7. The van der Waals surface area contributed by atoms with Crippen molar-refractivity contribution in [1.29, 1.82) is 0 Å². The molecule has 1 aliphatic heterocycles. The molecule has 4 aromatic rings. The Balaban J connectivity index is 1.66. The maximum atomic E-state index is 13.7. The Morgan fingerprint density at radius 3 is 1.91 bits per heavy atom. The largest absolute Gasteiger partial charge is 0.487 e. The summed E-state index contributed by atoms with van der Waals surface area (Å²) in [6.07, 6.45) is 1.52. The summed E-state index contributed by atoms with van der Waals surface area (Å²) in [6.45, 7) is 0.131. The van der Waals surface area contributed by atoms with E-state index in [2.05, 4.69) is 46.7 Å². The van der Waals surface area contributed by atoms with Crippen molar-refractivity contribution in [3.8, 4) is 5.75 Å². The van der Waals surface area contributed by atoms with Gasteiger partial charge in [-0.1, -0.05) is 103 Å². The number of ether oxygens (including phenoxy) is 1. The number of carbonyl (C=O) groups excluding carboxylic acids is 1. The SMILES string of the molecule is CN1C(=O)[C@@H](NC(c2ccccc2)(c2ccccc2)c2ccccc2)COc2cc(Cl)cnc21. The first-order valence-electron chi connectivity index (χ1n) is 11.1. The Morgan fingerprint density at radius 1 is 0.912 bits per heavy atom. The third-order valence-corrected chi connectivity index (χ3v) is 6.37. The van der Waals surface area contributed by atoms with Gasteiger partial charge in [0.25, 0.3) is 0 Å². The molecule has 6 heteroatoms. The van der Waals surface area contributed by atoms with E-state index in [9.17, 15) is 4.79 Å². The van der Waals surface area contributed by atoms with Crippen LogP contribution in [0.4, 0.5) is 5.82 Å². The summed E-state index contributed by atoms with van der Waals surface area (Å²) in [5, 5.41) is 4.17. The second kappa shape index (κ2) is 9.29. The first kappa shape index (κ1) is 22.1. The number of fused-ring (bicyclic) bond motifs is 1. The van der Waals surface area contributed by atoms with Gasteiger partial charge in [0.2, 0.25) is 5.91 Å². The van der Waals surface area contributed by atoms with Crippen molar-refractivity contribution < 1.29 is 9.53 Å². The lowest BCUT2D eigenvalue weighted by Crippen LogP contribution is -2.57. The summed E-state index contributed by atoms with van der Waals surface area (Å²) in [5.41, 5.74) is 2.26. The topological polar surface area (TPSA) is 54.5 Å². The fraction of sp³-hybridized carbons (Fsp3) is 0.143. The van der Waals surface area contributed by atoms with E-state index in [0.29, 0.717) is 16.6 Å². The summed E-state index contributed by atoms with van der Waals surface area (Å²) >= 11 is 6.14. The number of nitrogens with zero attached hydrogens (tertiary/aromatic N) is 2. The van der Waals surface area contributed by atoms with Gasteiger partial charge in [0, 0.05) is 19.3 Å². The van der Waals surface area contributed by atoms with Crippen LogP contribution in [0, 0.1) is 0 Å². The first-order valence-corrected chi connectivity index (χ1v) is 11.5. The van der Waals surface area contributed by atoms with Crippen LogP contribution in [0.5, 0.6) is 5.75 Å². The molecule has 0 radical (unpaired) electrons. The Bertz CT molecular complexity index is 1190. The Kier molecular flexibility index (Phi) is 6.05. The van der Waals surface area contributed by atoms with Crippen LogP contribution in [0.1, 0.15) is 16.7 Å². The van der Waals surface area contributed by atoms with E-state index in [1.54, 1.807) is 13.1 Å². The van der Waals surface area contributed by atoms with Crippen LogP contribution in [0.3, 0.4) is 0 Å². The molecule has 0 aliphatic carbocycles. The number of halogens is 1. The molecular formula is C28H24ClN3O2. The zero-order valence-corrected chi connectivity index (χ0v) is 19.4. The summed E-state index contributed by atoms with van der Waals surface area (Å²) in [6, 6.07) is 31.5. The summed E-state index contributed by atoms with van der Waals surface area (Å²) < 4.78 is 6.06. The number of carbonyl (C=O) groups is 1. The maximum absolute atomic E-state index is 13.7. The first-order chi connectivity index (χ1) is 16.6. The predicted molar refractivity (Wildman–Crippen MR) is 134 cm³/mol. The normalized spacial score (nSPS) is 15.9. The second-order valence-electron chi connectivity index (χ2n) is 8.23. The Labute approximate surface area is 204 Å². The number of anilines is 1. The van der Waals surface area contributed by atoms with E-state index in [1.807, 2.05) is 54.6 Å². The lowest BCUT2D eigenvalue weighted by Gasteiger charge is -2.39. The minimum Gasteiger partial charge on any atom is -0.487 e. The molecule has 1 N–H and O–H groups in total. The maximum Gasteiger partial charge on any atom is 0.248 e. The van der Waals surface area contributed by atoms with Crippen LogP contribution in [-0.2, 0) is 10.3 Å². The number of amides is 1. The Morgan fingerprint density at radius 2 is 1.41 bits per heavy atom. The lowest BCUT2D eigenvalue weighted by molar-refractivity contribution is -0.121. The molecule has 0 fully saturated rings. The van der Waals surface area contributed by atoms with Crippen molar-refractivity contribution in [3.05, 3.63) is 125 Å². The van der Waals surface area contributed by atoms with Gasteiger partial charge >= 0.3 is 0 Å². The number of aromatic nitrogens is 1. The van der Waals surface area contributed by atoms with E-state index < -0.39 is 11.6 Å². The van der Waals surface area contributed by atoms with Gasteiger partial charge in [-0.2, -0.15) is 0 Å². The average Bonchev–Trinajstić information content (AvgIpc) is 3.00. The van der Waals surface area contributed by atoms with Gasteiger partial charge in [-0.25, -0.2) is 4.98 Å². The van der Waals surface area contributed by atoms with Gasteiger partial charge in [0.1, 0.15) is 12.6 Å². The molecule has 0 spiro atoms. The molecular weight excluding hydrogens is 446 g/mol. The molecule has 3 aromatic carbocycles. The van der Waals surface area contributed by atoms with Crippen LogP contribution in [-0.4, -0.2) is 30.6 Å². The number of nitrogens with one attached hydrogen (secondary N) is 1. The van der Waals surface area contributed by atoms with Crippen molar-refractivity contribution in [2.45, 2.75) is 11.6 Å². The van der Waals surface area contributed by atoms with Crippen LogP contribution >= 0.6 is 11.6 Å². The van der Waals surface area contributed by atoms with Crippen LogP contribution in [0.15, 0.2) is 103 Å². The van der Waals surface area contributed by atoms with Gasteiger partial charge < -0.3 is 4.74 Å². The number of pyridine rings is 1. The molecule has 1 aromatic heterocycles. The summed E-state index contributed by atoms with van der Waals surface area (Å²) in [7, 11) is 1.71. The second-order valence-corrected chi connectivity index (χ2v) is 8.66. The van der Waals surface area contributed by atoms with E-state index in [4.69, 9.17) is 16.3 Å².